The molecule has 5 nitrogen and oxygen atoms in total. The number of aromatic nitrogens is 2. The lowest BCUT2D eigenvalue weighted by molar-refractivity contribution is 0.445. The van der Waals surface area contributed by atoms with Gasteiger partial charge in [-0.1, -0.05) is 19.1 Å². The Hall–Kier alpha value is -2.30. The molecular weight excluding hydrogens is 274 g/mol. The number of hydrogen-bond acceptors (Lipinski definition) is 5. The van der Waals surface area contributed by atoms with Crippen LogP contribution in [0.15, 0.2) is 30.6 Å². The molecule has 0 saturated carbocycles. The highest BCUT2D eigenvalue weighted by molar-refractivity contribution is 5.78. The molecule has 3 rings (SSSR count). The van der Waals surface area contributed by atoms with E-state index in [4.69, 9.17) is 5.73 Å². The summed E-state index contributed by atoms with van der Waals surface area (Å²) in [5.41, 5.74) is 9.13. The number of nitrogens with zero attached hydrogens (tertiary/aromatic N) is 3. The first kappa shape index (κ1) is 14.6. The number of piperidine rings is 1. The minimum atomic E-state index is 0.623. The van der Waals surface area contributed by atoms with Gasteiger partial charge in [0.2, 0.25) is 0 Å². The summed E-state index contributed by atoms with van der Waals surface area (Å²) in [5, 5.41) is 3.30. The van der Waals surface area contributed by atoms with Crippen LogP contribution in [-0.2, 0) is 0 Å². The third-order valence-corrected chi connectivity index (χ3v) is 4.10. The monoisotopic (exact) mass is 297 g/mol. The maximum atomic E-state index is 6.32. The van der Waals surface area contributed by atoms with Crippen LogP contribution in [0.2, 0.25) is 0 Å². The Morgan fingerprint density at radius 1 is 1.32 bits per heavy atom. The van der Waals surface area contributed by atoms with Crippen molar-refractivity contribution < 1.29 is 0 Å². The molecule has 1 aromatic carbocycles. The zero-order chi connectivity index (χ0) is 15.5. The fourth-order valence-corrected chi connectivity index (χ4v) is 2.98. The predicted octanol–water partition coefficient (Wildman–Crippen LogP) is 3.35. The second-order valence-corrected chi connectivity index (χ2v) is 6.15. The Labute approximate surface area is 131 Å². The van der Waals surface area contributed by atoms with Crippen LogP contribution in [0, 0.1) is 12.8 Å². The van der Waals surface area contributed by atoms with E-state index in [1.807, 2.05) is 12.1 Å². The van der Waals surface area contributed by atoms with Gasteiger partial charge in [-0.05, 0) is 43.4 Å². The van der Waals surface area contributed by atoms with Gasteiger partial charge in [-0.15, -0.1) is 0 Å². The molecule has 3 N–H and O–H groups in total. The molecular formula is C17H23N5. The van der Waals surface area contributed by atoms with Gasteiger partial charge < -0.3 is 16.0 Å². The average molecular weight is 297 g/mol. The van der Waals surface area contributed by atoms with Gasteiger partial charge in [0, 0.05) is 18.8 Å². The second-order valence-electron chi connectivity index (χ2n) is 6.15. The molecule has 5 heteroatoms. The van der Waals surface area contributed by atoms with Crippen molar-refractivity contribution in [1.82, 2.24) is 9.97 Å². The first-order valence-electron chi connectivity index (χ1n) is 7.82. The molecule has 1 aromatic heterocycles. The first-order chi connectivity index (χ1) is 10.6. The minimum absolute atomic E-state index is 0.623. The number of aryl methyl sites for hydroxylation is 1. The van der Waals surface area contributed by atoms with E-state index < -0.39 is 0 Å². The Kier molecular flexibility index (Phi) is 4.13. The predicted molar refractivity (Wildman–Crippen MR) is 91.5 cm³/mol. The van der Waals surface area contributed by atoms with E-state index in [1.165, 1.54) is 18.4 Å². The van der Waals surface area contributed by atoms with Gasteiger partial charge in [-0.2, -0.15) is 0 Å². The zero-order valence-electron chi connectivity index (χ0n) is 13.2. The lowest BCUT2D eigenvalue weighted by Gasteiger charge is -2.32. The number of benzene rings is 1. The maximum absolute atomic E-state index is 6.32. The molecule has 2 heterocycles. The minimum Gasteiger partial charge on any atom is -0.393 e. The molecule has 116 valence electrons. The molecule has 2 aromatic rings. The number of nitrogen functional groups attached to an aromatic ring is 1. The molecule has 22 heavy (non-hydrogen) atoms. The van der Waals surface area contributed by atoms with E-state index in [0.717, 1.165) is 24.6 Å². The highest BCUT2D eigenvalue weighted by Gasteiger charge is 2.21. The molecule has 0 amide bonds. The molecule has 0 radical (unpaired) electrons. The van der Waals surface area contributed by atoms with E-state index in [0.29, 0.717) is 17.4 Å². The summed E-state index contributed by atoms with van der Waals surface area (Å²) in [5.74, 6) is 2.20. The summed E-state index contributed by atoms with van der Waals surface area (Å²) in [4.78, 5) is 11.0. The lowest BCUT2D eigenvalue weighted by atomic mass is 10.0. The molecule has 0 spiro atoms. The van der Waals surface area contributed by atoms with Crippen LogP contribution in [0.3, 0.4) is 0 Å². The maximum Gasteiger partial charge on any atom is 0.159 e. The highest BCUT2D eigenvalue weighted by atomic mass is 15.2. The number of rotatable bonds is 3. The molecule has 0 bridgehead atoms. The van der Waals surface area contributed by atoms with E-state index in [1.54, 1.807) is 6.33 Å². The molecule has 1 saturated heterocycles. The largest absolute Gasteiger partial charge is 0.393 e. The molecule has 1 fully saturated rings. The van der Waals surface area contributed by atoms with Gasteiger partial charge in [0.05, 0.1) is 0 Å². The summed E-state index contributed by atoms with van der Waals surface area (Å²) in [6, 6.07) is 8.17. The van der Waals surface area contributed by atoms with Gasteiger partial charge in [-0.25, -0.2) is 9.97 Å². The van der Waals surface area contributed by atoms with Gasteiger partial charge in [0.25, 0.3) is 0 Å². The second kappa shape index (κ2) is 6.22. The molecule has 1 aliphatic rings. The summed E-state index contributed by atoms with van der Waals surface area (Å²) in [7, 11) is 0. The quantitative estimate of drug-likeness (QED) is 0.909. The fraction of sp³-hybridized carbons (Fsp3) is 0.412. The van der Waals surface area contributed by atoms with E-state index in [2.05, 4.69) is 46.2 Å². The Morgan fingerprint density at radius 2 is 2.18 bits per heavy atom. The molecule has 1 atom stereocenters. The van der Waals surface area contributed by atoms with Crippen molar-refractivity contribution in [2.75, 3.05) is 29.0 Å². The number of nitrogens with two attached hydrogens (primary N) is 1. The smallest absolute Gasteiger partial charge is 0.159 e. The van der Waals surface area contributed by atoms with Crippen LogP contribution in [0.1, 0.15) is 25.3 Å². The normalized spacial score (nSPS) is 18.3. The summed E-state index contributed by atoms with van der Waals surface area (Å²) < 4.78 is 0. The molecule has 0 aliphatic carbocycles. The zero-order valence-corrected chi connectivity index (χ0v) is 13.2. The van der Waals surface area contributed by atoms with Gasteiger partial charge in [0.15, 0.2) is 11.6 Å². The van der Waals surface area contributed by atoms with Crippen LogP contribution in [-0.4, -0.2) is 23.1 Å². The third kappa shape index (κ3) is 3.13. The number of nitrogens with one attached hydrogen (secondary N) is 1. The van der Waals surface area contributed by atoms with Crippen LogP contribution < -0.4 is 16.0 Å². The Bertz CT molecular complexity index is 655. The number of anilines is 4. The third-order valence-electron chi connectivity index (χ3n) is 4.10. The van der Waals surface area contributed by atoms with Crippen molar-refractivity contribution in [3.8, 4) is 0 Å². The summed E-state index contributed by atoms with van der Waals surface area (Å²) in [6.07, 6.45) is 4.05. The summed E-state index contributed by atoms with van der Waals surface area (Å²) in [6.45, 7) is 6.35. The van der Waals surface area contributed by atoms with Crippen molar-refractivity contribution in [2.24, 2.45) is 5.92 Å². The van der Waals surface area contributed by atoms with Gasteiger partial charge >= 0.3 is 0 Å². The highest BCUT2D eigenvalue weighted by Crippen LogP contribution is 2.31. The average Bonchev–Trinajstić information content (AvgIpc) is 2.49. The van der Waals surface area contributed by atoms with Gasteiger partial charge in [-0.3, -0.25) is 0 Å². The van der Waals surface area contributed by atoms with Crippen LogP contribution in [0.5, 0.6) is 0 Å². The van der Waals surface area contributed by atoms with Crippen molar-refractivity contribution in [3.05, 3.63) is 36.2 Å². The van der Waals surface area contributed by atoms with E-state index >= 15 is 0 Å². The van der Waals surface area contributed by atoms with Crippen molar-refractivity contribution in [1.29, 1.82) is 0 Å². The topological polar surface area (TPSA) is 67.1 Å². The Morgan fingerprint density at radius 3 is 2.95 bits per heavy atom. The van der Waals surface area contributed by atoms with Crippen LogP contribution in [0.25, 0.3) is 0 Å². The van der Waals surface area contributed by atoms with E-state index in [-0.39, 0.29) is 0 Å². The van der Waals surface area contributed by atoms with Crippen LogP contribution in [0.4, 0.5) is 23.0 Å². The van der Waals surface area contributed by atoms with Crippen LogP contribution >= 0.6 is 0 Å². The van der Waals surface area contributed by atoms with Crippen molar-refractivity contribution in [2.45, 2.75) is 26.7 Å². The lowest BCUT2D eigenvalue weighted by Crippen LogP contribution is -2.35. The van der Waals surface area contributed by atoms with E-state index in [9.17, 15) is 0 Å². The first-order valence-corrected chi connectivity index (χ1v) is 7.82. The number of hydrogen-bond donors (Lipinski definition) is 2. The van der Waals surface area contributed by atoms with Crippen molar-refractivity contribution in [3.63, 3.8) is 0 Å². The molecule has 1 unspecified atom stereocenters. The standard InChI is InChI=1S/C17H23N5/c1-12-5-3-7-14(9-12)21-16-15(18)17(20-11-19-16)22-8-4-6-13(2)10-22/h3,5,7,9,11,13H,4,6,8,10,18H2,1-2H3,(H,19,20,21). The Balaban J connectivity index is 1.85. The van der Waals surface area contributed by atoms with Crippen molar-refractivity contribution >= 4 is 23.0 Å². The van der Waals surface area contributed by atoms with Gasteiger partial charge in [0.1, 0.15) is 12.0 Å². The molecule has 1 aliphatic heterocycles. The SMILES string of the molecule is Cc1cccc(Nc2ncnc(N3CCCC(C)C3)c2N)c1. The fourth-order valence-electron chi connectivity index (χ4n) is 2.98. The summed E-state index contributed by atoms with van der Waals surface area (Å²) >= 11 is 0.